The van der Waals surface area contributed by atoms with E-state index in [1.807, 2.05) is 22.7 Å². The van der Waals surface area contributed by atoms with Gasteiger partial charge in [-0.05, 0) is 18.2 Å². The van der Waals surface area contributed by atoms with Gasteiger partial charge in [0.25, 0.3) is 0 Å². The smallest absolute Gasteiger partial charge is 0.204 e. The summed E-state index contributed by atoms with van der Waals surface area (Å²) < 4.78 is 7.08. The lowest BCUT2D eigenvalue weighted by Crippen LogP contribution is -1.86. The van der Waals surface area contributed by atoms with Crippen molar-refractivity contribution in [1.82, 2.24) is 14.6 Å². The standard InChI is InChI=1S/C10H6ClN3O/c11-7-3-4-14-9(6-7)12-13-10(14)8-2-1-5-15-8/h1-6H. The molecule has 0 saturated carbocycles. The molecule has 0 spiro atoms. The zero-order chi connectivity index (χ0) is 10.3. The minimum absolute atomic E-state index is 0.640. The third-order valence-electron chi connectivity index (χ3n) is 2.11. The van der Waals surface area contributed by atoms with E-state index in [1.54, 1.807) is 18.4 Å². The zero-order valence-corrected chi connectivity index (χ0v) is 8.35. The van der Waals surface area contributed by atoms with Crippen molar-refractivity contribution in [2.75, 3.05) is 0 Å². The van der Waals surface area contributed by atoms with Gasteiger partial charge in [-0.2, -0.15) is 0 Å². The van der Waals surface area contributed by atoms with E-state index in [9.17, 15) is 0 Å². The van der Waals surface area contributed by atoms with Crippen molar-refractivity contribution in [2.45, 2.75) is 0 Å². The molecule has 0 fully saturated rings. The first-order valence-electron chi connectivity index (χ1n) is 4.39. The Morgan fingerprint density at radius 3 is 3.00 bits per heavy atom. The molecule has 74 valence electrons. The second-order valence-corrected chi connectivity index (χ2v) is 3.51. The average Bonchev–Trinajstić information content (AvgIpc) is 2.82. The van der Waals surface area contributed by atoms with Crippen LogP contribution in [0.15, 0.2) is 41.1 Å². The summed E-state index contributed by atoms with van der Waals surface area (Å²) in [5.41, 5.74) is 0.703. The predicted octanol–water partition coefficient (Wildman–Crippen LogP) is 2.64. The van der Waals surface area contributed by atoms with Gasteiger partial charge in [0.05, 0.1) is 6.26 Å². The molecule has 0 radical (unpaired) electrons. The average molecular weight is 220 g/mol. The highest BCUT2D eigenvalue weighted by molar-refractivity contribution is 6.30. The number of nitrogens with zero attached hydrogens (tertiary/aromatic N) is 3. The van der Waals surface area contributed by atoms with Gasteiger partial charge >= 0.3 is 0 Å². The summed E-state index contributed by atoms with van der Waals surface area (Å²) in [5.74, 6) is 1.36. The lowest BCUT2D eigenvalue weighted by atomic mass is 10.4. The molecular formula is C10H6ClN3O. The van der Waals surface area contributed by atoms with Gasteiger partial charge in [0.1, 0.15) is 0 Å². The third-order valence-corrected chi connectivity index (χ3v) is 2.35. The van der Waals surface area contributed by atoms with Crippen LogP contribution in [0.4, 0.5) is 0 Å². The molecule has 0 bridgehead atoms. The van der Waals surface area contributed by atoms with Gasteiger partial charge in [-0.1, -0.05) is 11.6 Å². The van der Waals surface area contributed by atoms with Crippen LogP contribution in [0.3, 0.4) is 0 Å². The molecule has 0 aromatic carbocycles. The molecule has 4 nitrogen and oxygen atoms in total. The lowest BCUT2D eigenvalue weighted by molar-refractivity contribution is 0.576. The van der Waals surface area contributed by atoms with Crippen molar-refractivity contribution in [3.8, 4) is 11.6 Å². The van der Waals surface area contributed by atoms with Crippen LogP contribution in [0, 0.1) is 0 Å². The normalized spacial score (nSPS) is 11.0. The highest BCUT2D eigenvalue weighted by Gasteiger charge is 2.09. The second kappa shape index (κ2) is 3.10. The quantitative estimate of drug-likeness (QED) is 0.632. The Kier molecular flexibility index (Phi) is 1.76. The molecule has 0 amide bonds. The number of aromatic nitrogens is 3. The number of furan rings is 1. The molecule has 0 unspecified atom stereocenters. The van der Waals surface area contributed by atoms with Crippen molar-refractivity contribution in [3.05, 3.63) is 41.7 Å². The fourth-order valence-electron chi connectivity index (χ4n) is 1.44. The van der Waals surface area contributed by atoms with E-state index in [0.29, 0.717) is 22.3 Å². The van der Waals surface area contributed by atoms with Gasteiger partial charge in [0.2, 0.25) is 5.82 Å². The molecule has 0 aliphatic rings. The molecule has 0 atom stereocenters. The molecule has 3 aromatic rings. The SMILES string of the molecule is Clc1ccn2c(-c3ccco3)nnc2c1. The van der Waals surface area contributed by atoms with Crippen molar-refractivity contribution < 1.29 is 4.42 Å². The first-order valence-corrected chi connectivity index (χ1v) is 4.76. The maximum atomic E-state index is 5.85. The van der Waals surface area contributed by atoms with Gasteiger partial charge in [0, 0.05) is 17.3 Å². The Morgan fingerprint density at radius 2 is 2.20 bits per heavy atom. The van der Waals surface area contributed by atoms with Crippen LogP contribution < -0.4 is 0 Å². The minimum Gasteiger partial charge on any atom is -0.461 e. The molecule has 3 aromatic heterocycles. The second-order valence-electron chi connectivity index (χ2n) is 3.07. The number of hydrogen-bond donors (Lipinski definition) is 0. The monoisotopic (exact) mass is 219 g/mol. The molecule has 15 heavy (non-hydrogen) atoms. The molecule has 0 aliphatic carbocycles. The van der Waals surface area contributed by atoms with E-state index in [1.165, 1.54) is 0 Å². The highest BCUT2D eigenvalue weighted by atomic mass is 35.5. The number of pyridine rings is 1. The molecule has 0 saturated heterocycles. The summed E-state index contributed by atoms with van der Waals surface area (Å²) in [4.78, 5) is 0. The van der Waals surface area contributed by atoms with E-state index in [-0.39, 0.29) is 0 Å². The fraction of sp³-hybridized carbons (Fsp3) is 0. The van der Waals surface area contributed by atoms with Crippen LogP contribution in [0.25, 0.3) is 17.2 Å². The summed E-state index contributed by atoms with van der Waals surface area (Å²) in [6.07, 6.45) is 3.42. The Balaban J connectivity index is 2.29. The zero-order valence-electron chi connectivity index (χ0n) is 7.59. The molecule has 3 heterocycles. The Morgan fingerprint density at radius 1 is 1.27 bits per heavy atom. The largest absolute Gasteiger partial charge is 0.461 e. The summed E-state index contributed by atoms with van der Waals surface area (Å²) in [5, 5.41) is 8.68. The van der Waals surface area contributed by atoms with Crippen LogP contribution in [0.1, 0.15) is 0 Å². The predicted molar refractivity (Wildman–Crippen MR) is 55.7 cm³/mol. The molecule has 0 aliphatic heterocycles. The Bertz CT molecular complexity index is 600. The minimum atomic E-state index is 0.640. The van der Waals surface area contributed by atoms with Crippen LogP contribution in [-0.2, 0) is 0 Å². The van der Waals surface area contributed by atoms with E-state index < -0.39 is 0 Å². The maximum absolute atomic E-state index is 5.85. The maximum Gasteiger partial charge on any atom is 0.204 e. The van der Waals surface area contributed by atoms with E-state index >= 15 is 0 Å². The number of fused-ring (bicyclic) bond motifs is 1. The van der Waals surface area contributed by atoms with E-state index in [2.05, 4.69) is 10.2 Å². The molecule has 3 rings (SSSR count). The van der Waals surface area contributed by atoms with Crippen LogP contribution >= 0.6 is 11.6 Å². The summed E-state index contributed by atoms with van der Waals surface area (Å²) >= 11 is 5.85. The fourth-order valence-corrected chi connectivity index (χ4v) is 1.59. The number of halogens is 1. The van der Waals surface area contributed by atoms with Crippen molar-refractivity contribution in [3.63, 3.8) is 0 Å². The Labute approximate surface area is 90.1 Å². The van der Waals surface area contributed by atoms with E-state index in [0.717, 1.165) is 0 Å². The summed E-state index contributed by atoms with van der Waals surface area (Å²) in [7, 11) is 0. The van der Waals surface area contributed by atoms with Crippen LogP contribution in [0.5, 0.6) is 0 Å². The van der Waals surface area contributed by atoms with Crippen molar-refractivity contribution in [1.29, 1.82) is 0 Å². The van der Waals surface area contributed by atoms with Gasteiger partial charge in [-0.15, -0.1) is 10.2 Å². The third kappa shape index (κ3) is 1.30. The van der Waals surface area contributed by atoms with Crippen molar-refractivity contribution in [2.24, 2.45) is 0 Å². The van der Waals surface area contributed by atoms with Gasteiger partial charge in [-0.3, -0.25) is 4.40 Å². The van der Waals surface area contributed by atoms with E-state index in [4.69, 9.17) is 16.0 Å². The van der Waals surface area contributed by atoms with Gasteiger partial charge in [-0.25, -0.2) is 0 Å². The molecular weight excluding hydrogens is 214 g/mol. The summed E-state index contributed by atoms with van der Waals surface area (Å²) in [6, 6.07) is 7.18. The number of rotatable bonds is 1. The van der Waals surface area contributed by atoms with Gasteiger partial charge in [0.15, 0.2) is 11.4 Å². The lowest BCUT2D eigenvalue weighted by Gasteiger charge is -1.95. The first-order chi connectivity index (χ1) is 7.34. The summed E-state index contributed by atoms with van der Waals surface area (Å²) in [6.45, 7) is 0. The first kappa shape index (κ1) is 8.49. The van der Waals surface area contributed by atoms with Crippen LogP contribution in [-0.4, -0.2) is 14.6 Å². The number of hydrogen-bond acceptors (Lipinski definition) is 3. The highest BCUT2D eigenvalue weighted by Crippen LogP contribution is 2.20. The Hall–Kier alpha value is -1.81. The van der Waals surface area contributed by atoms with Crippen LogP contribution in [0.2, 0.25) is 5.02 Å². The topological polar surface area (TPSA) is 43.3 Å². The molecule has 5 heteroatoms. The molecule has 0 N–H and O–H groups in total. The van der Waals surface area contributed by atoms with Crippen molar-refractivity contribution >= 4 is 17.2 Å². The van der Waals surface area contributed by atoms with Gasteiger partial charge < -0.3 is 4.42 Å².